The van der Waals surface area contributed by atoms with Gasteiger partial charge in [-0.2, -0.15) is 0 Å². The molecule has 96 valence electrons. The number of nitrogens with one attached hydrogen (secondary N) is 1. The minimum atomic E-state index is 0.706. The Labute approximate surface area is 111 Å². The van der Waals surface area contributed by atoms with Gasteiger partial charge in [-0.3, -0.25) is 0 Å². The monoisotopic (exact) mass is 253 g/mol. The van der Waals surface area contributed by atoms with E-state index in [1.165, 1.54) is 0 Å². The molecule has 0 aliphatic rings. The lowest BCUT2D eigenvalue weighted by molar-refractivity contribution is 0.416. The first-order chi connectivity index (χ1) is 9.38. The molecular formula is C16H15NO2. The summed E-state index contributed by atoms with van der Waals surface area (Å²) < 4.78 is 10.8. The maximum Gasteiger partial charge on any atom is 0.141 e. The molecule has 3 heteroatoms. The number of para-hydroxylation sites is 3. The molecule has 3 nitrogen and oxygen atoms in total. The molecule has 0 spiro atoms. The number of hydrogen-bond acceptors (Lipinski definition) is 3. The predicted molar refractivity (Wildman–Crippen MR) is 76.5 cm³/mol. The third-order valence-corrected chi connectivity index (χ3v) is 3.14. The Morgan fingerprint density at radius 3 is 2.74 bits per heavy atom. The average Bonchev–Trinajstić information content (AvgIpc) is 2.89. The highest BCUT2D eigenvalue weighted by Crippen LogP contribution is 2.26. The first-order valence-corrected chi connectivity index (χ1v) is 6.20. The molecule has 1 aromatic heterocycles. The summed E-state index contributed by atoms with van der Waals surface area (Å²) in [5.74, 6) is 0.843. The molecule has 1 N–H and O–H groups in total. The molecule has 3 rings (SSSR count). The van der Waals surface area contributed by atoms with Crippen molar-refractivity contribution in [2.24, 2.45) is 0 Å². The fraction of sp³-hybridized carbons (Fsp3) is 0.125. The van der Waals surface area contributed by atoms with E-state index in [1.807, 2.05) is 42.5 Å². The number of ether oxygens (including phenoxy) is 1. The number of rotatable bonds is 4. The molecule has 0 amide bonds. The van der Waals surface area contributed by atoms with Crippen molar-refractivity contribution in [3.63, 3.8) is 0 Å². The summed E-state index contributed by atoms with van der Waals surface area (Å²) in [6, 6.07) is 15.9. The molecule has 0 saturated carbocycles. The Morgan fingerprint density at radius 2 is 1.84 bits per heavy atom. The topological polar surface area (TPSA) is 34.4 Å². The maximum absolute atomic E-state index is 5.52. The first-order valence-electron chi connectivity index (χ1n) is 6.20. The zero-order valence-corrected chi connectivity index (χ0v) is 10.7. The van der Waals surface area contributed by atoms with Crippen LogP contribution in [-0.2, 0) is 6.54 Å². The summed E-state index contributed by atoms with van der Waals surface area (Å²) in [5.41, 5.74) is 3.04. The lowest BCUT2D eigenvalue weighted by Crippen LogP contribution is -2.00. The van der Waals surface area contributed by atoms with Crippen LogP contribution < -0.4 is 10.1 Å². The van der Waals surface area contributed by atoms with E-state index in [9.17, 15) is 0 Å². The van der Waals surface area contributed by atoms with Gasteiger partial charge < -0.3 is 14.5 Å². The van der Waals surface area contributed by atoms with E-state index >= 15 is 0 Å². The van der Waals surface area contributed by atoms with Crippen molar-refractivity contribution in [3.05, 3.63) is 60.4 Å². The molecule has 0 aliphatic heterocycles. The quantitative estimate of drug-likeness (QED) is 0.761. The third-order valence-electron chi connectivity index (χ3n) is 3.14. The Hall–Kier alpha value is -2.42. The van der Waals surface area contributed by atoms with Gasteiger partial charge in [-0.25, -0.2) is 0 Å². The van der Waals surface area contributed by atoms with Gasteiger partial charge in [-0.05, 0) is 18.2 Å². The standard InChI is InChI=1S/C16H15NO2/c1-18-16-9-5-3-7-14(16)17-10-12-11-19-15-8-4-2-6-13(12)15/h2-9,11,17H,10H2,1H3. The third kappa shape index (κ3) is 2.27. The van der Waals surface area contributed by atoms with E-state index in [4.69, 9.17) is 9.15 Å². The maximum atomic E-state index is 5.52. The second kappa shape index (κ2) is 5.06. The van der Waals surface area contributed by atoms with Crippen molar-refractivity contribution in [2.45, 2.75) is 6.54 Å². The van der Waals surface area contributed by atoms with Gasteiger partial charge >= 0.3 is 0 Å². The van der Waals surface area contributed by atoms with Crippen molar-refractivity contribution in [1.82, 2.24) is 0 Å². The Bertz CT molecular complexity index is 688. The van der Waals surface area contributed by atoms with Crippen LogP contribution in [0, 0.1) is 0 Å². The fourth-order valence-electron chi connectivity index (χ4n) is 2.15. The van der Waals surface area contributed by atoms with E-state index in [2.05, 4.69) is 11.4 Å². The van der Waals surface area contributed by atoms with Gasteiger partial charge in [-0.15, -0.1) is 0 Å². The van der Waals surface area contributed by atoms with Gasteiger partial charge in [0.2, 0.25) is 0 Å². The second-order valence-corrected chi connectivity index (χ2v) is 4.31. The van der Waals surface area contributed by atoms with Crippen molar-refractivity contribution in [2.75, 3.05) is 12.4 Å². The molecule has 1 heterocycles. The zero-order chi connectivity index (χ0) is 13.1. The Kier molecular flexibility index (Phi) is 3.11. The van der Waals surface area contributed by atoms with Crippen LogP contribution in [0.4, 0.5) is 5.69 Å². The van der Waals surface area contributed by atoms with Crippen LogP contribution in [0.2, 0.25) is 0 Å². The molecule has 3 aromatic rings. The van der Waals surface area contributed by atoms with E-state index in [-0.39, 0.29) is 0 Å². The van der Waals surface area contributed by atoms with Crippen LogP contribution in [0.15, 0.2) is 59.2 Å². The van der Waals surface area contributed by atoms with Gasteiger partial charge in [0.1, 0.15) is 11.3 Å². The predicted octanol–water partition coefficient (Wildman–Crippen LogP) is 4.05. The van der Waals surface area contributed by atoms with Crippen LogP contribution in [-0.4, -0.2) is 7.11 Å². The van der Waals surface area contributed by atoms with Crippen molar-refractivity contribution >= 4 is 16.7 Å². The number of hydrogen-bond donors (Lipinski definition) is 1. The summed E-state index contributed by atoms with van der Waals surface area (Å²) in [5, 5.41) is 4.52. The summed E-state index contributed by atoms with van der Waals surface area (Å²) >= 11 is 0. The lowest BCUT2D eigenvalue weighted by Gasteiger charge is -2.09. The number of anilines is 1. The molecule has 0 fully saturated rings. The highest BCUT2D eigenvalue weighted by atomic mass is 16.5. The fourth-order valence-corrected chi connectivity index (χ4v) is 2.15. The van der Waals surface area contributed by atoms with Crippen LogP contribution in [0.1, 0.15) is 5.56 Å². The number of methoxy groups -OCH3 is 1. The largest absolute Gasteiger partial charge is 0.495 e. The Morgan fingerprint density at radius 1 is 1.05 bits per heavy atom. The first kappa shape index (κ1) is 11.7. The minimum absolute atomic E-state index is 0.706. The molecule has 19 heavy (non-hydrogen) atoms. The summed E-state index contributed by atoms with van der Waals surface area (Å²) in [6.45, 7) is 0.706. The van der Waals surface area contributed by atoms with E-state index < -0.39 is 0 Å². The summed E-state index contributed by atoms with van der Waals surface area (Å²) in [4.78, 5) is 0. The summed E-state index contributed by atoms with van der Waals surface area (Å²) in [7, 11) is 1.67. The SMILES string of the molecule is COc1ccccc1NCc1coc2ccccc12. The van der Waals surface area contributed by atoms with Crippen molar-refractivity contribution in [1.29, 1.82) is 0 Å². The second-order valence-electron chi connectivity index (χ2n) is 4.31. The highest BCUT2D eigenvalue weighted by Gasteiger charge is 2.06. The average molecular weight is 253 g/mol. The Balaban J connectivity index is 1.82. The molecule has 0 unspecified atom stereocenters. The van der Waals surface area contributed by atoms with Gasteiger partial charge in [0.15, 0.2) is 0 Å². The zero-order valence-electron chi connectivity index (χ0n) is 10.7. The molecule has 0 saturated heterocycles. The van der Waals surface area contributed by atoms with Crippen LogP contribution in [0.3, 0.4) is 0 Å². The van der Waals surface area contributed by atoms with Gasteiger partial charge in [0.05, 0.1) is 19.1 Å². The van der Waals surface area contributed by atoms with Gasteiger partial charge in [0.25, 0.3) is 0 Å². The normalized spacial score (nSPS) is 10.6. The highest BCUT2D eigenvalue weighted by molar-refractivity contribution is 5.81. The number of benzene rings is 2. The molecular weight excluding hydrogens is 238 g/mol. The lowest BCUT2D eigenvalue weighted by atomic mass is 10.2. The summed E-state index contributed by atoms with van der Waals surface area (Å²) in [6.07, 6.45) is 1.80. The van der Waals surface area contributed by atoms with Gasteiger partial charge in [0, 0.05) is 17.5 Å². The van der Waals surface area contributed by atoms with Crippen LogP contribution in [0.25, 0.3) is 11.0 Å². The van der Waals surface area contributed by atoms with Crippen molar-refractivity contribution in [3.8, 4) is 5.75 Å². The molecule has 0 aliphatic carbocycles. The molecule has 2 aromatic carbocycles. The van der Waals surface area contributed by atoms with Crippen LogP contribution >= 0.6 is 0 Å². The van der Waals surface area contributed by atoms with E-state index in [0.717, 1.165) is 28.0 Å². The number of fused-ring (bicyclic) bond motifs is 1. The minimum Gasteiger partial charge on any atom is -0.495 e. The molecule has 0 bridgehead atoms. The smallest absolute Gasteiger partial charge is 0.141 e. The van der Waals surface area contributed by atoms with E-state index in [0.29, 0.717) is 6.54 Å². The van der Waals surface area contributed by atoms with Gasteiger partial charge in [-0.1, -0.05) is 30.3 Å². The van der Waals surface area contributed by atoms with E-state index in [1.54, 1.807) is 13.4 Å². The molecule has 0 radical (unpaired) electrons. The molecule has 0 atom stereocenters. The van der Waals surface area contributed by atoms with Crippen molar-refractivity contribution < 1.29 is 9.15 Å². The number of furan rings is 1. The van der Waals surface area contributed by atoms with Crippen LogP contribution in [0.5, 0.6) is 5.75 Å².